The number of ether oxygens (including phenoxy) is 1. The summed E-state index contributed by atoms with van der Waals surface area (Å²) < 4.78 is 5.39. The third-order valence-corrected chi connectivity index (χ3v) is 3.84. The lowest BCUT2D eigenvalue weighted by molar-refractivity contribution is -0.271. The molecule has 21 heavy (non-hydrogen) atoms. The van der Waals surface area contributed by atoms with E-state index in [2.05, 4.69) is 0 Å². The molecule has 1 unspecified atom stereocenters. The van der Waals surface area contributed by atoms with Gasteiger partial charge in [0, 0.05) is 12.0 Å². The van der Waals surface area contributed by atoms with Gasteiger partial charge in [-0.3, -0.25) is 4.79 Å². The van der Waals surface area contributed by atoms with Crippen molar-refractivity contribution < 1.29 is 24.9 Å². The molecule has 0 saturated carbocycles. The largest absolute Gasteiger partial charge is 0.388 e. The van der Waals surface area contributed by atoms with E-state index in [-0.39, 0.29) is 5.91 Å². The molecule has 1 amide bonds. The Bertz CT molecular complexity index is 354. The maximum atomic E-state index is 12.4. The van der Waals surface area contributed by atoms with Crippen molar-refractivity contribution in [1.29, 1.82) is 0 Å². The first-order chi connectivity index (χ1) is 9.65. The summed E-state index contributed by atoms with van der Waals surface area (Å²) in [5.74, 6) is -0.168. The molecule has 0 spiro atoms. The fourth-order valence-corrected chi connectivity index (χ4v) is 2.87. The molecule has 0 aromatic rings. The molecule has 1 fully saturated rings. The quantitative estimate of drug-likeness (QED) is 0.709. The average Bonchev–Trinajstić information content (AvgIpc) is 2.37. The lowest BCUT2D eigenvalue weighted by Gasteiger charge is -2.50. The topological polar surface area (TPSA) is 90.2 Å². The number of hydrogen-bond acceptors (Lipinski definition) is 5. The molecule has 0 aliphatic carbocycles. The fraction of sp³-hybridized carbons (Fsp3) is 0.933. The van der Waals surface area contributed by atoms with Gasteiger partial charge in [0.05, 0.1) is 6.10 Å². The van der Waals surface area contributed by atoms with Crippen molar-refractivity contribution in [1.82, 2.24) is 4.90 Å². The van der Waals surface area contributed by atoms with Gasteiger partial charge in [0.25, 0.3) is 0 Å². The van der Waals surface area contributed by atoms with Crippen LogP contribution in [0.4, 0.5) is 0 Å². The molecule has 1 aliphatic rings. The molecule has 1 saturated heterocycles. The van der Waals surface area contributed by atoms with Crippen molar-refractivity contribution in [3.05, 3.63) is 0 Å². The van der Waals surface area contributed by atoms with E-state index in [0.29, 0.717) is 19.3 Å². The molecule has 6 heteroatoms. The average molecular weight is 303 g/mol. The van der Waals surface area contributed by atoms with E-state index in [1.54, 1.807) is 6.92 Å². The second-order valence-electron chi connectivity index (χ2n) is 6.63. The fourth-order valence-electron chi connectivity index (χ4n) is 2.87. The van der Waals surface area contributed by atoms with Gasteiger partial charge in [0.2, 0.25) is 5.91 Å². The molecule has 6 nitrogen and oxygen atoms in total. The zero-order valence-corrected chi connectivity index (χ0v) is 13.6. The number of hydrogen-bond donors (Lipinski definition) is 3. The van der Waals surface area contributed by atoms with Crippen LogP contribution in [0.25, 0.3) is 0 Å². The minimum Gasteiger partial charge on any atom is -0.388 e. The predicted molar refractivity (Wildman–Crippen MR) is 78.5 cm³/mol. The van der Waals surface area contributed by atoms with Crippen molar-refractivity contribution in [3.8, 4) is 0 Å². The maximum Gasteiger partial charge on any atom is 0.223 e. The molecule has 0 bridgehead atoms. The van der Waals surface area contributed by atoms with E-state index in [4.69, 9.17) is 4.74 Å². The van der Waals surface area contributed by atoms with E-state index in [0.717, 1.165) is 0 Å². The van der Waals surface area contributed by atoms with Crippen LogP contribution in [0.5, 0.6) is 0 Å². The second kappa shape index (κ2) is 7.05. The van der Waals surface area contributed by atoms with Crippen molar-refractivity contribution in [2.45, 2.75) is 90.1 Å². The Balaban J connectivity index is 3.09. The van der Waals surface area contributed by atoms with E-state index in [1.807, 2.05) is 27.7 Å². The molecule has 1 rings (SSSR count). The molecule has 5 atom stereocenters. The second-order valence-corrected chi connectivity index (χ2v) is 6.63. The molecule has 0 aromatic heterocycles. The van der Waals surface area contributed by atoms with Gasteiger partial charge in [-0.2, -0.15) is 0 Å². The van der Waals surface area contributed by atoms with Gasteiger partial charge in [-0.25, -0.2) is 0 Å². The Morgan fingerprint density at radius 3 is 2.14 bits per heavy atom. The summed E-state index contributed by atoms with van der Waals surface area (Å²) in [5.41, 5.74) is -0.596. The van der Waals surface area contributed by atoms with Crippen LogP contribution in [0.3, 0.4) is 0 Å². The van der Waals surface area contributed by atoms with Crippen molar-refractivity contribution >= 4 is 5.91 Å². The Morgan fingerprint density at radius 2 is 1.71 bits per heavy atom. The molecule has 1 heterocycles. The number of aliphatic hydroxyl groups is 3. The van der Waals surface area contributed by atoms with Crippen LogP contribution >= 0.6 is 0 Å². The molecule has 0 radical (unpaired) electrons. The highest BCUT2D eigenvalue weighted by molar-refractivity contribution is 5.77. The number of rotatable bonds is 4. The Hall–Kier alpha value is -0.690. The minimum atomic E-state index is -1.31. The molecule has 3 N–H and O–H groups in total. The summed E-state index contributed by atoms with van der Waals surface area (Å²) in [4.78, 5) is 13.8. The Morgan fingerprint density at radius 1 is 1.14 bits per heavy atom. The van der Waals surface area contributed by atoms with Crippen LogP contribution in [0, 0.1) is 0 Å². The van der Waals surface area contributed by atoms with E-state index in [9.17, 15) is 20.1 Å². The number of carbonyl (C=O) groups excluding carboxylic acids is 1. The molecular formula is C15H29NO5. The van der Waals surface area contributed by atoms with Crippen LogP contribution in [-0.4, -0.2) is 62.3 Å². The van der Waals surface area contributed by atoms with Crippen molar-refractivity contribution in [2.24, 2.45) is 0 Å². The first-order valence-corrected chi connectivity index (χ1v) is 7.66. The van der Waals surface area contributed by atoms with Crippen molar-refractivity contribution in [3.63, 3.8) is 0 Å². The van der Waals surface area contributed by atoms with Crippen LogP contribution in [0.1, 0.15) is 53.9 Å². The summed E-state index contributed by atoms with van der Waals surface area (Å²) in [6.07, 6.45) is -2.84. The predicted octanol–water partition coefficient (Wildman–Crippen LogP) is 0.631. The lowest BCUT2D eigenvalue weighted by Crippen LogP contribution is -2.67. The van der Waals surface area contributed by atoms with Gasteiger partial charge >= 0.3 is 0 Å². The SMILES string of the molecule is CCCC(=O)N([C@H]1C(O)O[C@H](CC)[C@@H](O)[C@@H]1O)C(C)(C)C. The van der Waals surface area contributed by atoms with Crippen LogP contribution < -0.4 is 0 Å². The minimum absolute atomic E-state index is 0.168. The third-order valence-electron chi connectivity index (χ3n) is 3.84. The maximum absolute atomic E-state index is 12.4. The van der Waals surface area contributed by atoms with E-state index in [1.165, 1.54) is 4.90 Å². The third kappa shape index (κ3) is 3.94. The van der Waals surface area contributed by atoms with Gasteiger partial charge in [-0.15, -0.1) is 0 Å². The first kappa shape index (κ1) is 18.4. The highest BCUT2D eigenvalue weighted by atomic mass is 16.6. The van der Waals surface area contributed by atoms with E-state index >= 15 is 0 Å². The summed E-state index contributed by atoms with van der Waals surface area (Å²) in [6, 6.07) is -0.971. The highest BCUT2D eigenvalue weighted by Gasteiger charge is 2.49. The zero-order chi connectivity index (χ0) is 16.4. The number of nitrogens with zero attached hydrogens (tertiary/aromatic N) is 1. The number of carbonyl (C=O) groups is 1. The van der Waals surface area contributed by atoms with Gasteiger partial charge in [0.1, 0.15) is 18.2 Å². The van der Waals surface area contributed by atoms with Crippen LogP contribution in [0.2, 0.25) is 0 Å². The lowest BCUT2D eigenvalue weighted by atomic mass is 9.90. The summed E-state index contributed by atoms with van der Waals surface area (Å²) in [5, 5.41) is 30.7. The summed E-state index contributed by atoms with van der Waals surface area (Å²) in [6.45, 7) is 9.19. The number of amides is 1. The first-order valence-electron chi connectivity index (χ1n) is 7.66. The summed E-state index contributed by atoms with van der Waals surface area (Å²) in [7, 11) is 0. The van der Waals surface area contributed by atoms with Gasteiger partial charge in [-0.1, -0.05) is 13.8 Å². The normalized spacial score (nSPS) is 33.8. The van der Waals surface area contributed by atoms with E-state index < -0.39 is 36.2 Å². The van der Waals surface area contributed by atoms with Gasteiger partial charge in [-0.05, 0) is 33.6 Å². The Labute approximate surface area is 126 Å². The van der Waals surface area contributed by atoms with Crippen LogP contribution in [0.15, 0.2) is 0 Å². The van der Waals surface area contributed by atoms with Gasteiger partial charge in [0.15, 0.2) is 6.29 Å². The molecule has 1 aliphatic heterocycles. The molecule has 124 valence electrons. The summed E-state index contributed by atoms with van der Waals surface area (Å²) >= 11 is 0. The zero-order valence-electron chi connectivity index (χ0n) is 13.6. The highest BCUT2D eigenvalue weighted by Crippen LogP contribution is 2.30. The standard InChI is InChI=1S/C15H29NO5/c1-6-8-10(17)16(15(3,4)5)11-13(19)12(18)9(7-2)21-14(11)20/h9,11-14,18-20H,6-8H2,1-5H3/t9-,11-,12-,13-,14?/m1/s1. The van der Waals surface area contributed by atoms with Crippen LogP contribution in [-0.2, 0) is 9.53 Å². The van der Waals surface area contributed by atoms with Gasteiger partial charge < -0.3 is 25.0 Å². The molecular weight excluding hydrogens is 274 g/mol. The smallest absolute Gasteiger partial charge is 0.223 e. The number of aliphatic hydroxyl groups excluding tert-OH is 3. The molecule has 0 aromatic carbocycles. The monoisotopic (exact) mass is 303 g/mol. The van der Waals surface area contributed by atoms with Crippen molar-refractivity contribution in [2.75, 3.05) is 0 Å². The Kier molecular flexibility index (Phi) is 6.16.